The molecule has 0 aliphatic carbocycles. The minimum atomic E-state index is -0.896. The maximum atomic E-state index is 13.1. The largest absolute Gasteiger partial charge is 0.513 e. The average molecular weight is 1020 g/mol. The van der Waals surface area contributed by atoms with Crippen molar-refractivity contribution in [1.82, 2.24) is 0 Å². The predicted octanol–water partition coefficient (Wildman–Crippen LogP) is 8.28. The molecule has 6 rings (SSSR count). The van der Waals surface area contributed by atoms with Crippen LogP contribution in [0.5, 0.6) is 23.0 Å². The first-order valence-corrected chi connectivity index (χ1v) is 23.7. The number of carbonyl (C=O) groups excluding carboxylic acids is 8. The van der Waals surface area contributed by atoms with E-state index in [1.165, 1.54) is 97.1 Å². The molecule has 74 heavy (non-hydrogen) atoms. The van der Waals surface area contributed by atoms with Gasteiger partial charge in [-0.15, -0.1) is 0 Å². The van der Waals surface area contributed by atoms with Gasteiger partial charge in [0.2, 0.25) is 0 Å². The lowest BCUT2D eigenvalue weighted by Gasteiger charge is -2.17. The second-order valence-electron chi connectivity index (χ2n) is 16.3. The summed E-state index contributed by atoms with van der Waals surface area (Å²) in [5.41, 5.74) is 0.656. The van der Waals surface area contributed by atoms with E-state index in [0.717, 1.165) is 37.8 Å². The van der Waals surface area contributed by atoms with Crippen LogP contribution in [-0.4, -0.2) is 112 Å². The molecule has 0 saturated carbocycles. The van der Waals surface area contributed by atoms with Gasteiger partial charge in [-0.3, -0.25) is 0 Å². The van der Waals surface area contributed by atoms with Gasteiger partial charge in [0.1, 0.15) is 35.2 Å². The Morgan fingerprint density at radius 3 is 0.986 bits per heavy atom. The lowest BCUT2D eigenvalue weighted by atomic mass is 10.1. The second kappa shape index (κ2) is 28.6. The monoisotopic (exact) mass is 1020 g/mol. The molecule has 2 aliphatic heterocycles. The van der Waals surface area contributed by atoms with Crippen molar-refractivity contribution in [3.05, 3.63) is 145 Å². The third kappa shape index (κ3) is 17.4. The first-order valence-electron chi connectivity index (χ1n) is 23.7. The summed E-state index contributed by atoms with van der Waals surface area (Å²) in [6.07, 6.45) is 3.03. The van der Waals surface area contributed by atoms with Crippen molar-refractivity contribution < 1.29 is 95.2 Å². The van der Waals surface area contributed by atoms with E-state index in [9.17, 15) is 38.4 Å². The van der Waals surface area contributed by atoms with Gasteiger partial charge in [0.25, 0.3) is 0 Å². The van der Waals surface area contributed by atoms with Crippen molar-refractivity contribution in [2.75, 3.05) is 39.6 Å². The van der Waals surface area contributed by atoms with Crippen LogP contribution in [0.25, 0.3) is 0 Å². The Balaban J connectivity index is 0.853. The van der Waals surface area contributed by atoms with E-state index >= 15 is 0 Å². The normalized spacial score (nSPS) is 16.3. The number of ether oxygens (including phenoxy) is 12. The van der Waals surface area contributed by atoms with Crippen molar-refractivity contribution in [3.63, 3.8) is 0 Å². The second-order valence-corrected chi connectivity index (χ2v) is 16.3. The summed E-state index contributed by atoms with van der Waals surface area (Å²) in [4.78, 5) is 98.0. The highest BCUT2D eigenvalue weighted by Crippen LogP contribution is 2.32. The van der Waals surface area contributed by atoms with Crippen LogP contribution in [0.3, 0.4) is 0 Å². The fourth-order valence-corrected chi connectivity index (χ4v) is 7.15. The lowest BCUT2D eigenvalue weighted by Crippen LogP contribution is -2.36. The van der Waals surface area contributed by atoms with Crippen LogP contribution in [0.15, 0.2) is 122 Å². The van der Waals surface area contributed by atoms with E-state index in [0.29, 0.717) is 38.9 Å². The van der Waals surface area contributed by atoms with Gasteiger partial charge >= 0.3 is 48.1 Å². The Bertz CT molecular complexity index is 2390. The van der Waals surface area contributed by atoms with Crippen molar-refractivity contribution in [2.45, 2.75) is 75.8 Å². The number of unbranched alkanes of at least 4 members (excludes halogenated alkanes) is 6. The number of benzene rings is 4. The molecular formula is C54H54O20. The Kier molecular flexibility index (Phi) is 21.3. The van der Waals surface area contributed by atoms with E-state index in [4.69, 9.17) is 56.8 Å². The zero-order valence-electron chi connectivity index (χ0n) is 40.2. The van der Waals surface area contributed by atoms with Crippen LogP contribution in [0.4, 0.5) is 9.59 Å². The number of carbonyl (C=O) groups is 8. The first kappa shape index (κ1) is 55.0. The Hall–Kier alpha value is -8.36. The number of esters is 6. The minimum absolute atomic E-state index is 0.0152. The quantitative estimate of drug-likeness (QED) is 0.0143. The number of hydrogen-bond acceptors (Lipinski definition) is 20. The zero-order chi connectivity index (χ0) is 52.7. The Morgan fingerprint density at radius 1 is 0.392 bits per heavy atom. The maximum absolute atomic E-state index is 13.1. The zero-order valence-corrected chi connectivity index (χ0v) is 40.2. The summed E-state index contributed by atoms with van der Waals surface area (Å²) in [5.74, 6) is -3.10. The highest BCUT2D eigenvalue weighted by atomic mass is 16.7. The summed E-state index contributed by atoms with van der Waals surface area (Å²) in [6.45, 7) is 7.52. The Morgan fingerprint density at radius 2 is 0.676 bits per heavy atom. The molecule has 2 unspecified atom stereocenters. The van der Waals surface area contributed by atoms with Crippen LogP contribution >= 0.6 is 0 Å². The molecule has 0 bridgehead atoms. The van der Waals surface area contributed by atoms with Crippen LogP contribution in [-0.2, 0) is 47.5 Å². The molecule has 20 heteroatoms. The lowest BCUT2D eigenvalue weighted by molar-refractivity contribution is -0.138. The molecule has 20 nitrogen and oxygen atoms in total. The average Bonchev–Trinajstić information content (AvgIpc) is 4.00. The molecule has 2 saturated heterocycles. The van der Waals surface area contributed by atoms with Crippen molar-refractivity contribution in [3.8, 4) is 23.0 Å². The van der Waals surface area contributed by atoms with Crippen LogP contribution in [0.2, 0.25) is 0 Å². The van der Waals surface area contributed by atoms with Gasteiger partial charge < -0.3 is 56.8 Å². The van der Waals surface area contributed by atoms with E-state index in [2.05, 4.69) is 13.2 Å². The van der Waals surface area contributed by atoms with E-state index in [1.54, 1.807) is 0 Å². The van der Waals surface area contributed by atoms with Gasteiger partial charge in [-0.05, 0) is 148 Å². The van der Waals surface area contributed by atoms with Gasteiger partial charge in [-0.25, -0.2) is 38.4 Å². The van der Waals surface area contributed by atoms with Gasteiger partial charge in [0.15, 0.2) is 12.2 Å². The molecule has 4 aromatic rings. The highest BCUT2D eigenvalue weighted by molar-refractivity contribution is 5.93. The van der Waals surface area contributed by atoms with E-state index in [1.807, 2.05) is 0 Å². The Labute approximate surface area is 425 Å². The van der Waals surface area contributed by atoms with E-state index in [-0.39, 0.29) is 71.7 Å². The molecule has 390 valence electrons. The summed E-state index contributed by atoms with van der Waals surface area (Å²) in [5, 5.41) is 0. The third-order valence-corrected chi connectivity index (χ3v) is 11.0. The summed E-state index contributed by atoms with van der Waals surface area (Å²) >= 11 is 0. The first-order chi connectivity index (χ1) is 35.9. The fraction of sp³-hybridized carbons (Fsp3) is 0.333. The molecular weight excluding hydrogens is 969 g/mol. The molecule has 0 aromatic heterocycles. The summed E-state index contributed by atoms with van der Waals surface area (Å²) < 4.78 is 64.2. The van der Waals surface area contributed by atoms with Crippen molar-refractivity contribution in [2.24, 2.45) is 0 Å². The van der Waals surface area contributed by atoms with Gasteiger partial charge in [0, 0.05) is 12.2 Å². The third-order valence-electron chi connectivity index (χ3n) is 11.0. The van der Waals surface area contributed by atoms with Gasteiger partial charge in [0.05, 0.1) is 61.9 Å². The number of rotatable bonds is 26. The topological polar surface area (TPSA) is 247 Å². The van der Waals surface area contributed by atoms with Gasteiger partial charge in [-0.2, -0.15) is 0 Å². The standard InChI is InChI=1S/C54H54O20/c1-3-45(55)63-29-9-5-7-11-31-65-53(61)71-41-25-17-35(18-26-41)49(57)69-39-21-13-37(14-22-39)51(59)73-43-33-67-48-44(34-68-47(43)48)74-52(60)38-15-23-40(24-16-38)70-50(58)36-19-27-42(28-20-36)72-54(62)66-32-12-8-6-10-30-64-46(56)4-2/h3-4,13-28,43-44,47-48H,1-2,5-12,29-34H2/t43-,44-,47?,48?/m0/s1. The van der Waals surface area contributed by atoms with Crippen LogP contribution in [0.1, 0.15) is 92.8 Å². The smallest absolute Gasteiger partial charge is 0.463 e. The van der Waals surface area contributed by atoms with Crippen LogP contribution in [0, 0.1) is 0 Å². The molecule has 4 atom stereocenters. The molecule has 0 N–H and O–H groups in total. The van der Waals surface area contributed by atoms with Crippen molar-refractivity contribution >= 4 is 48.1 Å². The minimum Gasteiger partial charge on any atom is -0.463 e. The van der Waals surface area contributed by atoms with Crippen LogP contribution < -0.4 is 18.9 Å². The molecule has 2 aliphatic rings. The molecule has 0 radical (unpaired) electrons. The SMILES string of the molecule is C=CC(=O)OCCCCCCOC(=O)Oc1ccc(C(=O)Oc2ccc(C(=O)O[C@H]3COC4C3OC[C@@H]4OC(=O)c3ccc(OC(=O)c4ccc(OC(=O)OCCCCCCOC(=O)C=C)cc4)cc3)cc2)cc1. The molecule has 0 amide bonds. The van der Waals surface area contributed by atoms with E-state index < -0.39 is 72.5 Å². The molecule has 2 fully saturated rings. The summed E-state index contributed by atoms with van der Waals surface area (Å²) in [7, 11) is 0. The molecule has 0 spiro atoms. The number of fused-ring (bicyclic) bond motifs is 1. The van der Waals surface area contributed by atoms with Crippen molar-refractivity contribution in [1.29, 1.82) is 0 Å². The van der Waals surface area contributed by atoms with Gasteiger partial charge in [-0.1, -0.05) is 13.2 Å². The predicted molar refractivity (Wildman–Crippen MR) is 257 cm³/mol. The molecule has 4 aromatic carbocycles. The molecule has 2 heterocycles. The fourth-order valence-electron chi connectivity index (χ4n) is 7.15. The maximum Gasteiger partial charge on any atom is 0.513 e. The number of hydrogen-bond donors (Lipinski definition) is 0. The summed E-state index contributed by atoms with van der Waals surface area (Å²) in [6, 6.07) is 22.7. The highest BCUT2D eigenvalue weighted by Gasteiger charge is 2.51.